The topological polar surface area (TPSA) is 12.0 Å². The lowest BCUT2D eigenvalue weighted by molar-refractivity contribution is 0.491. The molecule has 0 bridgehead atoms. The average Bonchev–Trinajstić information content (AvgIpc) is 3.05. The standard InChI is InChI=1S/C14H20FN/c1-11(10-13-2-3-13)16-9-8-12-4-6-14(15)7-5-12/h4-7,11,13,16H,2-3,8-10H2,1H3. The van der Waals surface area contributed by atoms with Crippen molar-refractivity contribution in [3.8, 4) is 0 Å². The van der Waals surface area contributed by atoms with Gasteiger partial charge in [-0.15, -0.1) is 0 Å². The molecule has 1 aromatic rings. The van der Waals surface area contributed by atoms with E-state index in [2.05, 4.69) is 12.2 Å². The molecule has 1 aliphatic rings. The zero-order chi connectivity index (χ0) is 11.4. The summed E-state index contributed by atoms with van der Waals surface area (Å²) in [5.41, 5.74) is 1.20. The van der Waals surface area contributed by atoms with E-state index < -0.39 is 0 Å². The van der Waals surface area contributed by atoms with E-state index in [1.165, 1.54) is 37.0 Å². The van der Waals surface area contributed by atoms with E-state index in [0.29, 0.717) is 6.04 Å². The Hall–Kier alpha value is -0.890. The van der Waals surface area contributed by atoms with Crippen molar-refractivity contribution in [2.24, 2.45) is 5.92 Å². The Morgan fingerprint density at radius 1 is 1.31 bits per heavy atom. The SMILES string of the molecule is CC(CC1CC1)NCCc1ccc(F)cc1. The minimum atomic E-state index is -0.154. The minimum absolute atomic E-state index is 0.154. The fourth-order valence-corrected chi connectivity index (χ4v) is 2.05. The van der Waals surface area contributed by atoms with Crippen LogP contribution in [0.2, 0.25) is 0 Å². The van der Waals surface area contributed by atoms with Gasteiger partial charge in [0.2, 0.25) is 0 Å². The molecule has 1 atom stereocenters. The highest BCUT2D eigenvalue weighted by Crippen LogP contribution is 2.33. The van der Waals surface area contributed by atoms with Crippen LogP contribution >= 0.6 is 0 Å². The van der Waals surface area contributed by atoms with Crippen molar-refractivity contribution in [1.29, 1.82) is 0 Å². The van der Waals surface area contributed by atoms with Crippen molar-refractivity contribution in [3.63, 3.8) is 0 Å². The molecular weight excluding hydrogens is 201 g/mol. The molecule has 0 saturated heterocycles. The highest BCUT2D eigenvalue weighted by atomic mass is 19.1. The minimum Gasteiger partial charge on any atom is -0.314 e. The third-order valence-electron chi connectivity index (χ3n) is 3.20. The van der Waals surface area contributed by atoms with Crippen LogP contribution in [0.1, 0.15) is 31.7 Å². The summed E-state index contributed by atoms with van der Waals surface area (Å²) in [6, 6.07) is 7.41. The van der Waals surface area contributed by atoms with Gasteiger partial charge in [0.25, 0.3) is 0 Å². The van der Waals surface area contributed by atoms with Crippen molar-refractivity contribution in [2.75, 3.05) is 6.54 Å². The first kappa shape index (κ1) is 11.6. The smallest absolute Gasteiger partial charge is 0.123 e. The first-order chi connectivity index (χ1) is 7.74. The van der Waals surface area contributed by atoms with Crippen LogP contribution in [0.5, 0.6) is 0 Å². The summed E-state index contributed by atoms with van der Waals surface area (Å²) in [6.45, 7) is 3.24. The highest BCUT2D eigenvalue weighted by Gasteiger charge is 2.22. The largest absolute Gasteiger partial charge is 0.314 e. The van der Waals surface area contributed by atoms with E-state index in [1.807, 2.05) is 12.1 Å². The van der Waals surface area contributed by atoms with Crippen molar-refractivity contribution >= 4 is 0 Å². The molecule has 0 spiro atoms. The third-order valence-corrected chi connectivity index (χ3v) is 3.20. The Bertz CT molecular complexity index is 316. The van der Waals surface area contributed by atoms with Gasteiger partial charge in [-0.25, -0.2) is 4.39 Å². The van der Waals surface area contributed by atoms with Crippen LogP contribution in [0.25, 0.3) is 0 Å². The second kappa shape index (κ2) is 5.44. The van der Waals surface area contributed by atoms with Gasteiger partial charge in [0.1, 0.15) is 5.82 Å². The number of hydrogen-bond donors (Lipinski definition) is 1. The summed E-state index contributed by atoms with van der Waals surface area (Å²) in [5, 5.41) is 3.52. The van der Waals surface area contributed by atoms with E-state index in [-0.39, 0.29) is 5.82 Å². The van der Waals surface area contributed by atoms with Gasteiger partial charge < -0.3 is 5.32 Å². The summed E-state index contributed by atoms with van der Waals surface area (Å²) in [6.07, 6.45) is 5.13. The molecule has 0 radical (unpaired) electrons. The van der Waals surface area contributed by atoms with E-state index in [1.54, 1.807) is 0 Å². The number of hydrogen-bond acceptors (Lipinski definition) is 1. The Balaban J connectivity index is 1.64. The predicted octanol–water partition coefficient (Wildman–Crippen LogP) is 3.15. The Morgan fingerprint density at radius 3 is 2.62 bits per heavy atom. The van der Waals surface area contributed by atoms with E-state index in [9.17, 15) is 4.39 Å². The summed E-state index contributed by atoms with van der Waals surface area (Å²) in [5.74, 6) is 0.826. The van der Waals surface area contributed by atoms with Crippen LogP contribution in [-0.2, 0) is 6.42 Å². The van der Waals surface area contributed by atoms with E-state index in [4.69, 9.17) is 0 Å². The number of benzene rings is 1. The van der Waals surface area contributed by atoms with Crippen LogP contribution in [-0.4, -0.2) is 12.6 Å². The fraction of sp³-hybridized carbons (Fsp3) is 0.571. The summed E-state index contributed by atoms with van der Waals surface area (Å²) >= 11 is 0. The second-order valence-electron chi connectivity index (χ2n) is 4.91. The van der Waals surface area contributed by atoms with Crippen molar-refractivity contribution < 1.29 is 4.39 Å². The fourth-order valence-electron chi connectivity index (χ4n) is 2.05. The molecule has 2 heteroatoms. The molecule has 1 nitrogen and oxygen atoms in total. The number of halogens is 1. The van der Waals surface area contributed by atoms with Crippen LogP contribution in [0.3, 0.4) is 0 Å². The molecule has 0 aliphatic heterocycles. The highest BCUT2D eigenvalue weighted by molar-refractivity contribution is 5.16. The maximum absolute atomic E-state index is 12.7. The second-order valence-corrected chi connectivity index (χ2v) is 4.91. The average molecular weight is 221 g/mol. The van der Waals surface area contributed by atoms with Crippen LogP contribution in [0.15, 0.2) is 24.3 Å². The van der Waals surface area contributed by atoms with Gasteiger partial charge in [0, 0.05) is 6.04 Å². The Kier molecular flexibility index (Phi) is 3.94. The molecule has 2 rings (SSSR count). The van der Waals surface area contributed by atoms with Gasteiger partial charge in [-0.2, -0.15) is 0 Å². The number of rotatable bonds is 6. The van der Waals surface area contributed by atoms with Gasteiger partial charge >= 0.3 is 0 Å². The first-order valence-corrected chi connectivity index (χ1v) is 6.22. The molecule has 0 amide bonds. The molecule has 0 aromatic heterocycles. The van der Waals surface area contributed by atoms with Crippen LogP contribution in [0, 0.1) is 11.7 Å². The van der Waals surface area contributed by atoms with Crippen LogP contribution in [0.4, 0.5) is 4.39 Å². The molecule has 1 N–H and O–H groups in total. The van der Waals surface area contributed by atoms with Gasteiger partial charge in [0.05, 0.1) is 0 Å². The van der Waals surface area contributed by atoms with Gasteiger partial charge in [0.15, 0.2) is 0 Å². The molecule has 1 saturated carbocycles. The monoisotopic (exact) mass is 221 g/mol. The predicted molar refractivity (Wildman–Crippen MR) is 64.9 cm³/mol. The molecule has 1 unspecified atom stereocenters. The molecule has 16 heavy (non-hydrogen) atoms. The normalized spacial score (nSPS) is 17.4. The van der Waals surface area contributed by atoms with Gasteiger partial charge in [-0.3, -0.25) is 0 Å². The zero-order valence-corrected chi connectivity index (χ0v) is 9.88. The molecule has 88 valence electrons. The third kappa shape index (κ3) is 3.93. The Morgan fingerprint density at radius 2 is 2.00 bits per heavy atom. The molecule has 0 heterocycles. The van der Waals surface area contributed by atoms with Gasteiger partial charge in [-0.1, -0.05) is 25.0 Å². The van der Waals surface area contributed by atoms with E-state index in [0.717, 1.165) is 18.9 Å². The first-order valence-electron chi connectivity index (χ1n) is 6.22. The van der Waals surface area contributed by atoms with Gasteiger partial charge in [-0.05, 0) is 49.9 Å². The van der Waals surface area contributed by atoms with Crippen LogP contribution < -0.4 is 5.32 Å². The molecular formula is C14H20FN. The molecule has 1 aliphatic carbocycles. The maximum atomic E-state index is 12.7. The van der Waals surface area contributed by atoms with Crippen molar-refractivity contribution in [2.45, 2.75) is 38.6 Å². The summed E-state index contributed by atoms with van der Waals surface area (Å²) < 4.78 is 12.7. The summed E-state index contributed by atoms with van der Waals surface area (Å²) in [4.78, 5) is 0. The Labute approximate surface area is 97.1 Å². The lowest BCUT2D eigenvalue weighted by Gasteiger charge is -2.12. The molecule has 1 fully saturated rings. The molecule has 1 aromatic carbocycles. The lowest BCUT2D eigenvalue weighted by Crippen LogP contribution is -2.28. The van der Waals surface area contributed by atoms with Crippen molar-refractivity contribution in [1.82, 2.24) is 5.32 Å². The van der Waals surface area contributed by atoms with Crippen molar-refractivity contribution in [3.05, 3.63) is 35.6 Å². The van der Waals surface area contributed by atoms with E-state index >= 15 is 0 Å². The lowest BCUT2D eigenvalue weighted by atomic mass is 10.1. The zero-order valence-electron chi connectivity index (χ0n) is 9.88. The summed E-state index contributed by atoms with van der Waals surface area (Å²) in [7, 11) is 0. The maximum Gasteiger partial charge on any atom is 0.123 e. The quantitative estimate of drug-likeness (QED) is 0.778. The number of nitrogens with one attached hydrogen (secondary N) is 1.